The van der Waals surface area contributed by atoms with E-state index in [9.17, 15) is 14.4 Å². The molecule has 1 aliphatic carbocycles. The van der Waals surface area contributed by atoms with Crippen LogP contribution in [0.3, 0.4) is 0 Å². The summed E-state index contributed by atoms with van der Waals surface area (Å²) in [5, 5.41) is 0. The van der Waals surface area contributed by atoms with Gasteiger partial charge in [-0.2, -0.15) is 0 Å². The van der Waals surface area contributed by atoms with Crippen LogP contribution < -0.4 is 10.3 Å². The summed E-state index contributed by atoms with van der Waals surface area (Å²) in [7, 11) is 1.62. The van der Waals surface area contributed by atoms with Crippen LogP contribution in [0.2, 0.25) is 0 Å². The van der Waals surface area contributed by atoms with E-state index < -0.39 is 5.56 Å². The number of hydrogen-bond acceptors (Lipinski definition) is 4. The summed E-state index contributed by atoms with van der Waals surface area (Å²) in [6.45, 7) is 0.810. The van der Waals surface area contributed by atoms with Gasteiger partial charge in [-0.25, -0.2) is 0 Å². The molecule has 164 valence electrons. The molecule has 3 aromatic rings. The fraction of sp³-hybridized carbons (Fsp3) is 0.269. The number of fused-ring (bicyclic) bond motifs is 1. The Balaban J connectivity index is 1.61. The molecule has 0 spiro atoms. The minimum Gasteiger partial charge on any atom is -0.497 e. The number of aryl methyl sites for hydroxylation is 1. The second-order valence-electron chi connectivity index (χ2n) is 7.99. The Morgan fingerprint density at radius 2 is 1.75 bits per heavy atom. The third kappa shape index (κ3) is 4.80. The monoisotopic (exact) mass is 430 g/mol. The number of rotatable bonds is 7. The summed E-state index contributed by atoms with van der Waals surface area (Å²) >= 11 is 0. The fourth-order valence-corrected chi connectivity index (χ4v) is 4.02. The first kappa shape index (κ1) is 21.6. The minimum absolute atomic E-state index is 0.0182. The molecule has 0 atom stereocenters. The molecular formula is C26H26N2O4. The van der Waals surface area contributed by atoms with Gasteiger partial charge in [-0.3, -0.25) is 14.4 Å². The summed E-state index contributed by atoms with van der Waals surface area (Å²) in [4.78, 5) is 43.0. The zero-order chi connectivity index (χ0) is 22.5. The molecule has 6 heteroatoms. The smallest absolute Gasteiger partial charge is 0.261 e. The maximum absolute atomic E-state index is 13.5. The number of hydrogen-bond donors (Lipinski definition) is 1. The Hall–Kier alpha value is -3.67. The highest BCUT2D eigenvalue weighted by Crippen LogP contribution is 2.20. The molecule has 1 aliphatic rings. The van der Waals surface area contributed by atoms with Crippen molar-refractivity contribution in [2.75, 3.05) is 13.7 Å². The number of pyridine rings is 1. The standard InChI is InChI=1S/C26H26N2O4/c1-32-20-12-10-18(11-13-20)14-15-28(17-19-6-3-2-4-7-19)26(31)22-16-21-23(27-25(22)30)8-5-9-24(21)29/h2-4,6-7,10-13,16H,5,8-9,14-15,17H2,1H3,(H,27,30). The highest BCUT2D eigenvalue weighted by molar-refractivity contribution is 6.01. The average molecular weight is 431 g/mol. The van der Waals surface area contributed by atoms with Crippen molar-refractivity contribution < 1.29 is 14.3 Å². The first-order valence-corrected chi connectivity index (χ1v) is 10.8. The van der Waals surface area contributed by atoms with E-state index in [1.54, 1.807) is 12.0 Å². The van der Waals surface area contributed by atoms with Crippen molar-refractivity contribution >= 4 is 11.7 Å². The molecule has 0 fully saturated rings. The van der Waals surface area contributed by atoms with Crippen molar-refractivity contribution in [3.05, 3.63) is 99.0 Å². The summed E-state index contributed by atoms with van der Waals surface area (Å²) < 4.78 is 5.21. The number of ketones is 1. The molecule has 1 N–H and O–H groups in total. The number of H-pyrrole nitrogens is 1. The number of aromatic amines is 1. The molecule has 1 heterocycles. The van der Waals surface area contributed by atoms with Crippen LogP contribution >= 0.6 is 0 Å². The van der Waals surface area contributed by atoms with E-state index in [0.29, 0.717) is 43.6 Å². The van der Waals surface area contributed by atoms with Crippen molar-refractivity contribution in [3.63, 3.8) is 0 Å². The van der Waals surface area contributed by atoms with Gasteiger partial charge in [-0.05, 0) is 48.6 Å². The zero-order valence-electron chi connectivity index (χ0n) is 18.1. The SMILES string of the molecule is COc1ccc(CCN(Cc2ccccc2)C(=O)c2cc3c([nH]c2=O)CCCC3=O)cc1. The molecule has 0 bridgehead atoms. The average Bonchev–Trinajstić information content (AvgIpc) is 2.82. The van der Waals surface area contributed by atoms with E-state index in [-0.39, 0.29) is 17.3 Å². The molecule has 1 amide bonds. The van der Waals surface area contributed by atoms with E-state index in [1.165, 1.54) is 6.07 Å². The van der Waals surface area contributed by atoms with Gasteiger partial charge in [-0.1, -0.05) is 42.5 Å². The number of carbonyl (C=O) groups is 2. The van der Waals surface area contributed by atoms with E-state index in [4.69, 9.17) is 4.74 Å². The maximum atomic E-state index is 13.5. The summed E-state index contributed by atoms with van der Waals surface area (Å²) in [6, 6.07) is 18.9. The van der Waals surface area contributed by atoms with Crippen LogP contribution in [0, 0.1) is 0 Å². The largest absolute Gasteiger partial charge is 0.497 e. The van der Waals surface area contributed by atoms with Crippen molar-refractivity contribution in [2.24, 2.45) is 0 Å². The molecule has 0 saturated carbocycles. The fourth-order valence-electron chi connectivity index (χ4n) is 4.02. The maximum Gasteiger partial charge on any atom is 0.261 e. The number of Topliss-reactive ketones (excluding diaryl/α,β-unsaturated/α-hetero) is 1. The Labute approximate surface area is 186 Å². The van der Waals surface area contributed by atoms with E-state index in [2.05, 4.69) is 4.98 Å². The Bertz CT molecular complexity index is 1170. The third-order valence-electron chi connectivity index (χ3n) is 5.82. The lowest BCUT2D eigenvalue weighted by Crippen LogP contribution is -2.37. The molecule has 32 heavy (non-hydrogen) atoms. The zero-order valence-corrected chi connectivity index (χ0v) is 18.1. The second kappa shape index (κ2) is 9.64. The molecule has 0 aliphatic heterocycles. The lowest BCUT2D eigenvalue weighted by molar-refractivity contribution is 0.0743. The highest BCUT2D eigenvalue weighted by atomic mass is 16.5. The van der Waals surface area contributed by atoms with Crippen molar-refractivity contribution in [2.45, 2.75) is 32.2 Å². The summed E-state index contributed by atoms with van der Waals surface area (Å²) in [5.41, 5.74) is 2.72. The number of methoxy groups -OCH3 is 1. The van der Waals surface area contributed by atoms with Gasteiger partial charge in [0.25, 0.3) is 11.5 Å². The van der Waals surface area contributed by atoms with Gasteiger partial charge in [0, 0.05) is 30.8 Å². The van der Waals surface area contributed by atoms with Crippen molar-refractivity contribution in [1.29, 1.82) is 0 Å². The molecule has 2 aromatic carbocycles. The Kier molecular flexibility index (Phi) is 6.50. The van der Waals surface area contributed by atoms with E-state index in [1.807, 2.05) is 54.6 Å². The van der Waals surface area contributed by atoms with Crippen LogP contribution in [0.25, 0.3) is 0 Å². The van der Waals surface area contributed by atoms with Crippen molar-refractivity contribution in [3.8, 4) is 5.75 Å². The van der Waals surface area contributed by atoms with Crippen molar-refractivity contribution in [1.82, 2.24) is 9.88 Å². The molecule has 1 aromatic heterocycles. The van der Waals surface area contributed by atoms with Gasteiger partial charge in [-0.15, -0.1) is 0 Å². The van der Waals surface area contributed by atoms with Crippen LogP contribution in [-0.2, 0) is 19.4 Å². The van der Waals surface area contributed by atoms with Gasteiger partial charge in [0.2, 0.25) is 0 Å². The van der Waals surface area contributed by atoms with E-state index in [0.717, 1.165) is 23.3 Å². The molecule has 0 unspecified atom stereocenters. The highest BCUT2D eigenvalue weighted by Gasteiger charge is 2.25. The van der Waals surface area contributed by atoms with Gasteiger partial charge < -0.3 is 14.6 Å². The van der Waals surface area contributed by atoms with E-state index >= 15 is 0 Å². The van der Waals surface area contributed by atoms with Gasteiger partial charge in [0.15, 0.2) is 5.78 Å². The first-order valence-electron chi connectivity index (χ1n) is 10.8. The minimum atomic E-state index is -0.439. The number of nitrogens with one attached hydrogen (secondary N) is 1. The number of aromatic nitrogens is 1. The number of carbonyl (C=O) groups excluding carboxylic acids is 2. The van der Waals surface area contributed by atoms with Crippen LogP contribution in [-0.4, -0.2) is 35.2 Å². The number of amides is 1. The third-order valence-corrected chi connectivity index (χ3v) is 5.82. The van der Waals surface area contributed by atoms with Crippen LogP contribution in [0.4, 0.5) is 0 Å². The van der Waals surface area contributed by atoms with Crippen LogP contribution in [0.1, 0.15) is 50.4 Å². The van der Waals surface area contributed by atoms with Gasteiger partial charge in [0.05, 0.1) is 7.11 Å². The predicted octanol–water partition coefficient (Wildman–Crippen LogP) is 3.79. The topological polar surface area (TPSA) is 79.5 Å². The lowest BCUT2D eigenvalue weighted by atomic mass is 9.93. The number of ether oxygens (including phenoxy) is 1. The predicted molar refractivity (Wildman–Crippen MR) is 122 cm³/mol. The Morgan fingerprint density at radius 3 is 2.47 bits per heavy atom. The molecule has 4 rings (SSSR count). The first-order chi connectivity index (χ1) is 15.5. The number of benzene rings is 2. The summed E-state index contributed by atoms with van der Waals surface area (Å²) in [5.74, 6) is 0.380. The normalized spacial score (nSPS) is 12.8. The molecule has 0 saturated heterocycles. The quantitative estimate of drug-likeness (QED) is 0.619. The van der Waals surface area contributed by atoms with Gasteiger partial charge >= 0.3 is 0 Å². The Morgan fingerprint density at radius 1 is 1.00 bits per heavy atom. The van der Waals surface area contributed by atoms with Gasteiger partial charge in [0.1, 0.15) is 11.3 Å². The summed E-state index contributed by atoms with van der Waals surface area (Å²) in [6.07, 6.45) is 2.44. The lowest BCUT2D eigenvalue weighted by Gasteiger charge is -2.24. The molecular weight excluding hydrogens is 404 g/mol. The number of nitrogens with zero attached hydrogens (tertiary/aromatic N) is 1. The molecule has 6 nitrogen and oxygen atoms in total. The molecule has 0 radical (unpaired) electrons. The van der Waals surface area contributed by atoms with Crippen LogP contribution in [0.5, 0.6) is 5.75 Å². The van der Waals surface area contributed by atoms with Crippen LogP contribution in [0.15, 0.2) is 65.5 Å². The second-order valence-corrected chi connectivity index (χ2v) is 7.99.